The number of nitrogens with one attached hydrogen (secondary N) is 2. The molecule has 0 aliphatic rings. The molecule has 7 nitrogen and oxygen atoms in total. The van der Waals surface area contributed by atoms with Crippen molar-refractivity contribution < 1.29 is 23.2 Å². The lowest BCUT2D eigenvalue weighted by Crippen LogP contribution is -2.12. The second kappa shape index (κ2) is 9.93. The fourth-order valence-electron chi connectivity index (χ4n) is 3.03. The zero-order valence-corrected chi connectivity index (χ0v) is 18.3. The number of amides is 2. The number of hydrogen-bond acceptors (Lipinski definition) is 5. The predicted octanol–water partition coefficient (Wildman–Crippen LogP) is 6.11. The van der Waals surface area contributed by atoms with E-state index in [1.807, 2.05) is 18.2 Å². The van der Waals surface area contributed by atoms with Crippen molar-refractivity contribution >= 4 is 40.9 Å². The molecular weight excluding hydrogens is 444 g/mol. The first-order chi connectivity index (χ1) is 16.0. The van der Waals surface area contributed by atoms with E-state index in [2.05, 4.69) is 10.6 Å². The van der Waals surface area contributed by atoms with Crippen LogP contribution in [-0.4, -0.2) is 18.9 Å². The minimum atomic E-state index is -0.406. The van der Waals surface area contributed by atoms with Gasteiger partial charge in [0.15, 0.2) is 5.76 Å². The van der Waals surface area contributed by atoms with E-state index in [0.717, 1.165) is 5.56 Å². The number of carbonyl (C=O) groups is 2. The molecule has 33 heavy (non-hydrogen) atoms. The zero-order chi connectivity index (χ0) is 23.2. The Labute approximate surface area is 194 Å². The molecule has 0 spiro atoms. The third-order valence-electron chi connectivity index (χ3n) is 4.61. The third kappa shape index (κ3) is 5.53. The maximum absolute atomic E-state index is 12.5. The summed E-state index contributed by atoms with van der Waals surface area (Å²) < 4.78 is 16.2. The van der Waals surface area contributed by atoms with Gasteiger partial charge >= 0.3 is 0 Å². The number of carbonyl (C=O) groups excluding carboxylic acids is 2. The summed E-state index contributed by atoms with van der Waals surface area (Å²) in [5, 5.41) is 6.09. The average molecular weight is 463 g/mol. The second-order valence-corrected chi connectivity index (χ2v) is 7.31. The topological polar surface area (TPSA) is 93.7 Å². The van der Waals surface area contributed by atoms with Crippen molar-refractivity contribution in [2.75, 3.05) is 17.7 Å². The molecule has 2 amide bonds. The Morgan fingerprint density at radius 2 is 1.82 bits per heavy atom. The summed E-state index contributed by atoms with van der Waals surface area (Å²) in [6.07, 6.45) is 4.32. The molecule has 2 N–H and O–H groups in total. The number of ether oxygens (including phenoxy) is 1. The van der Waals surface area contributed by atoms with E-state index in [0.29, 0.717) is 33.7 Å². The number of methoxy groups -OCH3 is 1. The van der Waals surface area contributed by atoms with Gasteiger partial charge in [-0.25, -0.2) is 0 Å². The monoisotopic (exact) mass is 462 g/mol. The Balaban J connectivity index is 1.43. The number of anilines is 2. The van der Waals surface area contributed by atoms with Crippen LogP contribution in [0.1, 0.15) is 16.3 Å². The van der Waals surface area contributed by atoms with Gasteiger partial charge in [0.25, 0.3) is 5.91 Å². The molecule has 0 aliphatic heterocycles. The molecule has 0 fully saturated rings. The van der Waals surface area contributed by atoms with Crippen LogP contribution in [0.3, 0.4) is 0 Å². The lowest BCUT2D eigenvalue weighted by atomic mass is 10.2. The first-order valence-electron chi connectivity index (χ1n) is 9.89. The highest BCUT2D eigenvalue weighted by Gasteiger charge is 2.12. The minimum Gasteiger partial charge on any atom is -0.495 e. The van der Waals surface area contributed by atoms with Crippen LogP contribution in [0.2, 0.25) is 5.02 Å². The quantitative estimate of drug-likeness (QED) is 0.323. The van der Waals surface area contributed by atoms with Crippen molar-refractivity contribution in [3.8, 4) is 17.1 Å². The Morgan fingerprint density at radius 3 is 2.55 bits per heavy atom. The Morgan fingerprint density at radius 1 is 1.00 bits per heavy atom. The molecule has 0 bridgehead atoms. The summed E-state index contributed by atoms with van der Waals surface area (Å²) in [6, 6.07) is 18.9. The van der Waals surface area contributed by atoms with E-state index in [9.17, 15) is 9.59 Å². The van der Waals surface area contributed by atoms with Gasteiger partial charge in [-0.15, -0.1) is 0 Å². The molecule has 0 saturated carbocycles. The summed E-state index contributed by atoms with van der Waals surface area (Å²) >= 11 is 5.91. The number of halogens is 1. The first kappa shape index (κ1) is 22.0. The van der Waals surface area contributed by atoms with Crippen LogP contribution in [-0.2, 0) is 4.79 Å². The molecular formula is C25H19ClN2O5. The smallest absolute Gasteiger partial charge is 0.291 e. The van der Waals surface area contributed by atoms with Crippen LogP contribution in [0, 0.1) is 0 Å². The summed E-state index contributed by atoms with van der Waals surface area (Å²) in [4.78, 5) is 24.7. The highest BCUT2D eigenvalue weighted by atomic mass is 35.5. The number of rotatable bonds is 7. The van der Waals surface area contributed by atoms with Crippen LogP contribution >= 0.6 is 11.6 Å². The molecule has 4 aromatic rings. The summed E-state index contributed by atoms with van der Waals surface area (Å²) in [5.74, 6) is 0.991. The maximum Gasteiger partial charge on any atom is 0.291 e. The standard InChI is InChI=1S/C25H19ClN2O5/c1-31-22-11-8-18(27-25(30)23-3-2-14-32-23)15-20(22)28-24(29)13-10-19-9-12-21(33-19)16-4-6-17(26)7-5-16/h2-15H,1H3,(H,27,30)(H,28,29)/b13-10+. The molecule has 0 aliphatic carbocycles. The van der Waals surface area contributed by atoms with Gasteiger partial charge in [0.1, 0.15) is 17.3 Å². The second-order valence-electron chi connectivity index (χ2n) is 6.88. The van der Waals surface area contributed by atoms with Gasteiger partial charge in [0.2, 0.25) is 5.91 Å². The van der Waals surface area contributed by atoms with Gasteiger partial charge in [0, 0.05) is 22.3 Å². The number of furan rings is 2. The van der Waals surface area contributed by atoms with Gasteiger partial charge in [-0.05, 0) is 72.8 Å². The average Bonchev–Trinajstić information content (AvgIpc) is 3.51. The Hall–Kier alpha value is -4.23. The van der Waals surface area contributed by atoms with Crippen molar-refractivity contribution in [3.63, 3.8) is 0 Å². The zero-order valence-electron chi connectivity index (χ0n) is 17.5. The highest BCUT2D eigenvalue weighted by molar-refractivity contribution is 6.30. The van der Waals surface area contributed by atoms with Gasteiger partial charge in [-0.1, -0.05) is 11.6 Å². The largest absolute Gasteiger partial charge is 0.495 e. The fraction of sp³-hybridized carbons (Fsp3) is 0.0400. The summed E-state index contributed by atoms with van der Waals surface area (Å²) in [6.45, 7) is 0. The molecule has 0 saturated heterocycles. The van der Waals surface area contributed by atoms with Gasteiger partial charge in [-0.3, -0.25) is 9.59 Å². The predicted molar refractivity (Wildman–Crippen MR) is 126 cm³/mol. The fourth-order valence-corrected chi connectivity index (χ4v) is 3.15. The van der Waals surface area contributed by atoms with E-state index < -0.39 is 11.8 Å². The van der Waals surface area contributed by atoms with Crippen LogP contribution in [0.25, 0.3) is 17.4 Å². The van der Waals surface area contributed by atoms with Crippen molar-refractivity contribution in [2.45, 2.75) is 0 Å². The lowest BCUT2D eigenvalue weighted by molar-refractivity contribution is -0.111. The summed E-state index contributed by atoms with van der Waals surface area (Å²) in [7, 11) is 1.49. The lowest BCUT2D eigenvalue weighted by Gasteiger charge is -2.11. The molecule has 0 unspecified atom stereocenters. The van der Waals surface area contributed by atoms with E-state index in [1.165, 1.54) is 19.4 Å². The molecule has 2 aromatic heterocycles. The molecule has 0 radical (unpaired) electrons. The van der Waals surface area contributed by atoms with E-state index in [1.54, 1.807) is 54.6 Å². The highest BCUT2D eigenvalue weighted by Crippen LogP contribution is 2.28. The molecule has 166 valence electrons. The first-order valence-corrected chi connectivity index (χ1v) is 10.3. The minimum absolute atomic E-state index is 0.177. The van der Waals surface area contributed by atoms with Crippen molar-refractivity contribution in [2.24, 2.45) is 0 Å². The van der Waals surface area contributed by atoms with Gasteiger partial charge in [0.05, 0.1) is 19.1 Å². The molecule has 4 rings (SSSR count). The Bertz CT molecular complexity index is 1290. The van der Waals surface area contributed by atoms with Gasteiger partial charge < -0.3 is 24.2 Å². The normalized spacial score (nSPS) is 10.8. The molecule has 2 heterocycles. The maximum atomic E-state index is 12.5. The molecule has 8 heteroatoms. The third-order valence-corrected chi connectivity index (χ3v) is 4.87. The summed E-state index contributed by atoms with van der Waals surface area (Å²) in [5.41, 5.74) is 1.74. The number of hydrogen-bond donors (Lipinski definition) is 2. The van der Waals surface area contributed by atoms with Crippen LogP contribution in [0.4, 0.5) is 11.4 Å². The van der Waals surface area contributed by atoms with Crippen LogP contribution in [0.15, 0.2) is 87.9 Å². The SMILES string of the molecule is COc1ccc(NC(=O)c2ccco2)cc1NC(=O)/C=C/c1ccc(-c2ccc(Cl)cc2)o1. The van der Waals surface area contributed by atoms with Crippen molar-refractivity contribution in [1.29, 1.82) is 0 Å². The number of benzene rings is 2. The van der Waals surface area contributed by atoms with E-state index in [4.69, 9.17) is 25.2 Å². The van der Waals surface area contributed by atoms with Crippen molar-refractivity contribution in [1.82, 2.24) is 0 Å². The molecule has 2 aromatic carbocycles. The van der Waals surface area contributed by atoms with E-state index in [-0.39, 0.29) is 5.76 Å². The van der Waals surface area contributed by atoms with Crippen LogP contribution < -0.4 is 15.4 Å². The van der Waals surface area contributed by atoms with Crippen LogP contribution in [0.5, 0.6) is 5.75 Å². The van der Waals surface area contributed by atoms with E-state index >= 15 is 0 Å². The van der Waals surface area contributed by atoms with Crippen molar-refractivity contribution in [3.05, 3.63) is 95.6 Å². The molecule has 0 atom stereocenters. The Kier molecular flexibility index (Phi) is 6.61. The van der Waals surface area contributed by atoms with Gasteiger partial charge in [-0.2, -0.15) is 0 Å².